The number of phenolic OH excluding ortho intramolecular Hbond substituents is 1. The number of amides is 1. The van der Waals surface area contributed by atoms with Gasteiger partial charge in [-0.15, -0.1) is 0 Å². The highest BCUT2D eigenvalue weighted by Crippen LogP contribution is 2.32. The largest absolute Gasteiger partial charge is 0.508 e. The third kappa shape index (κ3) is 3.54. The van der Waals surface area contributed by atoms with Crippen LogP contribution in [0.2, 0.25) is 0 Å². The van der Waals surface area contributed by atoms with Crippen LogP contribution in [0.15, 0.2) is 12.1 Å². The molecule has 1 heterocycles. The first kappa shape index (κ1) is 19.4. The minimum atomic E-state index is -0.724. The highest BCUT2D eigenvalue weighted by atomic mass is 16.6. The highest BCUT2D eigenvalue weighted by Gasteiger charge is 2.27. The highest BCUT2D eigenvalue weighted by molar-refractivity contribution is 5.94. The van der Waals surface area contributed by atoms with E-state index in [0.717, 1.165) is 11.1 Å². The number of aromatic nitrogens is 2. The smallest absolute Gasteiger partial charge is 0.312 e. The molecule has 8 heteroatoms. The van der Waals surface area contributed by atoms with Crippen LogP contribution >= 0.6 is 0 Å². The zero-order chi connectivity index (χ0) is 19.8. The maximum Gasteiger partial charge on any atom is 0.312 e. The molecule has 2 aromatic rings. The lowest BCUT2D eigenvalue weighted by atomic mass is 9.99. The Hall–Kier alpha value is -2.90. The van der Waals surface area contributed by atoms with Gasteiger partial charge in [-0.1, -0.05) is 13.8 Å². The number of nitrogens with zero attached hydrogens (tertiary/aromatic N) is 3. The number of nitro groups is 1. The molecule has 0 saturated heterocycles. The van der Waals surface area contributed by atoms with Crippen molar-refractivity contribution < 1.29 is 14.8 Å². The molecule has 1 atom stereocenters. The van der Waals surface area contributed by atoms with Crippen molar-refractivity contribution in [1.82, 2.24) is 9.78 Å². The summed E-state index contributed by atoms with van der Waals surface area (Å²) in [4.78, 5) is 23.3. The Morgan fingerprint density at radius 1 is 1.27 bits per heavy atom. The zero-order valence-corrected chi connectivity index (χ0v) is 15.8. The lowest BCUT2D eigenvalue weighted by molar-refractivity contribution is -0.386. The van der Waals surface area contributed by atoms with Crippen LogP contribution in [0.4, 0.5) is 11.4 Å². The molecule has 0 bridgehead atoms. The summed E-state index contributed by atoms with van der Waals surface area (Å²) in [5.74, 6) is -0.0472. The summed E-state index contributed by atoms with van der Waals surface area (Å²) >= 11 is 0. The van der Waals surface area contributed by atoms with E-state index in [0.29, 0.717) is 11.4 Å². The van der Waals surface area contributed by atoms with Gasteiger partial charge in [0, 0.05) is 5.69 Å². The molecular weight excluding hydrogens is 336 g/mol. The van der Waals surface area contributed by atoms with E-state index in [9.17, 15) is 20.0 Å². The summed E-state index contributed by atoms with van der Waals surface area (Å²) in [5.41, 5.74) is 2.59. The van der Waals surface area contributed by atoms with E-state index in [1.54, 1.807) is 39.8 Å². The fraction of sp³-hybridized carbons (Fsp3) is 0.444. The van der Waals surface area contributed by atoms with E-state index in [4.69, 9.17) is 0 Å². The molecule has 1 aromatic heterocycles. The molecule has 140 valence electrons. The van der Waals surface area contributed by atoms with E-state index in [1.165, 1.54) is 4.68 Å². The Balaban J connectivity index is 2.32. The van der Waals surface area contributed by atoms with Crippen LogP contribution in [0, 0.1) is 30.9 Å². The molecule has 0 fully saturated rings. The average Bonchev–Trinajstić information content (AvgIpc) is 2.83. The predicted molar refractivity (Wildman–Crippen MR) is 98.6 cm³/mol. The van der Waals surface area contributed by atoms with E-state index >= 15 is 0 Å². The van der Waals surface area contributed by atoms with Gasteiger partial charge in [0.25, 0.3) is 0 Å². The monoisotopic (exact) mass is 360 g/mol. The molecule has 0 aliphatic rings. The van der Waals surface area contributed by atoms with Crippen LogP contribution in [0.5, 0.6) is 5.75 Å². The van der Waals surface area contributed by atoms with Gasteiger partial charge >= 0.3 is 5.69 Å². The number of nitrogens with one attached hydrogen (secondary N) is 1. The Labute approximate surface area is 152 Å². The predicted octanol–water partition coefficient (Wildman–Crippen LogP) is 3.75. The molecule has 0 aliphatic heterocycles. The second-order valence-electron chi connectivity index (χ2n) is 6.77. The summed E-state index contributed by atoms with van der Waals surface area (Å²) in [5, 5.41) is 28.2. The molecule has 0 aliphatic carbocycles. The van der Waals surface area contributed by atoms with Crippen molar-refractivity contribution >= 4 is 17.3 Å². The third-order valence-corrected chi connectivity index (χ3v) is 4.47. The molecule has 1 amide bonds. The van der Waals surface area contributed by atoms with Gasteiger partial charge < -0.3 is 10.4 Å². The number of anilines is 1. The zero-order valence-electron chi connectivity index (χ0n) is 15.8. The van der Waals surface area contributed by atoms with Crippen molar-refractivity contribution in [2.75, 3.05) is 5.32 Å². The number of hydrogen-bond donors (Lipinski definition) is 2. The topological polar surface area (TPSA) is 110 Å². The molecule has 0 radical (unpaired) electrons. The quantitative estimate of drug-likeness (QED) is 0.479. The van der Waals surface area contributed by atoms with Crippen LogP contribution in [0.25, 0.3) is 0 Å². The normalized spacial score (nSPS) is 12.3. The number of carbonyl (C=O) groups excluding carboxylic acids is 1. The first-order valence-corrected chi connectivity index (χ1v) is 8.39. The lowest BCUT2D eigenvalue weighted by Gasteiger charge is -2.17. The standard InChI is InChI=1S/C18H24N4O4/c1-9(2)14-8-15(10(3)7-16(14)23)19-18(24)13(6)21-12(5)17(22(25)26)11(4)20-21/h7-9,13,23H,1-6H3,(H,19,24). The number of carbonyl (C=O) groups is 1. The molecule has 1 aromatic carbocycles. The fourth-order valence-corrected chi connectivity index (χ4v) is 2.95. The Morgan fingerprint density at radius 3 is 2.38 bits per heavy atom. The maximum atomic E-state index is 12.7. The molecule has 2 N–H and O–H groups in total. The summed E-state index contributed by atoms with van der Waals surface area (Å²) in [7, 11) is 0. The summed E-state index contributed by atoms with van der Waals surface area (Å²) in [6.45, 7) is 10.5. The lowest BCUT2D eigenvalue weighted by Crippen LogP contribution is -2.25. The van der Waals surface area contributed by atoms with Crippen molar-refractivity contribution in [3.63, 3.8) is 0 Å². The van der Waals surface area contributed by atoms with E-state index in [2.05, 4.69) is 10.4 Å². The summed E-state index contributed by atoms with van der Waals surface area (Å²) < 4.78 is 1.36. The summed E-state index contributed by atoms with van der Waals surface area (Å²) in [6.07, 6.45) is 0. The number of benzene rings is 1. The van der Waals surface area contributed by atoms with Gasteiger partial charge in [0.05, 0.1) is 4.92 Å². The minimum Gasteiger partial charge on any atom is -0.508 e. The molecule has 1 unspecified atom stereocenters. The van der Waals surface area contributed by atoms with E-state index in [1.807, 2.05) is 13.8 Å². The van der Waals surface area contributed by atoms with Crippen LogP contribution in [-0.2, 0) is 4.79 Å². The van der Waals surface area contributed by atoms with Gasteiger partial charge in [-0.25, -0.2) is 0 Å². The third-order valence-electron chi connectivity index (χ3n) is 4.47. The van der Waals surface area contributed by atoms with Crippen LogP contribution < -0.4 is 5.32 Å². The Morgan fingerprint density at radius 2 is 1.88 bits per heavy atom. The van der Waals surface area contributed by atoms with Crippen molar-refractivity contribution in [3.8, 4) is 5.75 Å². The molecule has 26 heavy (non-hydrogen) atoms. The maximum absolute atomic E-state index is 12.7. The first-order valence-electron chi connectivity index (χ1n) is 8.39. The Bertz CT molecular complexity index is 871. The van der Waals surface area contributed by atoms with Gasteiger partial charge in [0.1, 0.15) is 23.2 Å². The van der Waals surface area contributed by atoms with Crippen molar-refractivity contribution in [1.29, 1.82) is 0 Å². The second kappa shape index (κ2) is 7.15. The van der Waals surface area contributed by atoms with Crippen LogP contribution in [0.3, 0.4) is 0 Å². The number of rotatable bonds is 5. The second-order valence-corrected chi connectivity index (χ2v) is 6.77. The van der Waals surface area contributed by atoms with Crippen LogP contribution in [0.1, 0.15) is 55.2 Å². The SMILES string of the molecule is Cc1cc(O)c(C(C)C)cc1NC(=O)C(C)n1nc(C)c([N+](=O)[O-])c1C. The van der Waals surface area contributed by atoms with E-state index < -0.39 is 11.0 Å². The van der Waals surface area contributed by atoms with Crippen molar-refractivity contribution in [2.24, 2.45) is 0 Å². The number of aryl methyl sites for hydroxylation is 2. The van der Waals surface area contributed by atoms with Crippen LogP contribution in [-0.4, -0.2) is 25.7 Å². The minimum absolute atomic E-state index is 0.0763. The molecule has 0 saturated carbocycles. The molecule has 0 spiro atoms. The van der Waals surface area contributed by atoms with Crippen molar-refractivity contribution in [3.05, 3.63) is 44.8 Å². The number of aromatic hydroxyl groups is 1. The van der Waals surface area contributed by atoms with Gasteiger partial charge in [-0.05, 0) is 56.9 Å². The molecular formula is C18H24N4O4. The van der Waals surface area contributed by atoms with Gasteiger partial charge in [-0.3, -0.25) is 19.6 Å². The molecule has 8 nitrogen and oxygen atoms in total. The first-order chi connectivity index (χ1) is 12.0. The fourth-order valence-electron chi connectivity index (χ4n) is 2.95. The number of hydrogen-bond acceptors (Lipinski definition) is 5. The van der Waals surface area contributed by atoms with Gasteiger partial charge in [-0.2, -0.15) is 5.10 Å². The summed E-state index contributed by atoms with van der Waals surface area (Å²) in [6, 6.07) is 2.64. The average molecular weight is 360 g/mol. The Kier molecular flexibility index (Phi) is 5.34. The van der Waals surface area contributed by atoms with Gasteiger partial charge in [0.2, 0.25) is 5.91 Å². The molecule has 2 rings (SSSR count). The van der Waals surface area contributed by atoms with Gasteiger partial charge in [0.15, 0.2) is 0 Å². The number of phenols is 1. The van der Waals surface area contributed by atoms with E-state index in [-0.39, 0.29) is 29.0 Å². The van der Waals surface area contributed by atoms with Crippen molar-refractivity contribution in [2.45, 2.75) is 53.5 Å².